The molecule has 1 aromatic rings. The third-order valence-corrected chi connectivity index (χ3v) is 3.47. The maximum Gasteiger partial charge on any atom is 0.373 e. The SMILES string of the molecule is CCOC(=O)[C@@H]1CC(C)(C)[C@H](c2cccnc2)N1.O=C=O. The van der Waals surface area contributed by atoms with Crippen LogP contribution in [-0.2, 0) is 19.1 Å². The van der Waals surface area contributed by atoms with Gasteiger partial charge in [-0.05, 0) is 30.4 Å². The van der Waals surface area contributed by atoms with Gasteiger partial charge in [-0.25, -0.2) is 0 Å². The van der Waals surface area contributed by atoms with Gasteiger partial charge in [0.25, 0.3) is 0 Å². The van der Waals surface area contributed by atoms with E-state index in [1.165, 1.54) is 0 Å². The Kier molecular flexibility index (Phi) is 6.21. The van der Waals surface area contributed by atoms with Crippen molar-refractivity contribution in [1.29, 1.82) is 0 Å². The zero-order valence-corrected chi connectivity index (χ0v) is 12.5. The summed E-state index contributed by atoms with van der Waals surface area (Å²) in [5.41, 5.74) is 1.13. The van der Waals surface area contributed by atoms with Crippen molar-refractivity contribution >= 4 is 12.1 Å². The average molecular weight is 292 g/mol. The molecule has 6 nitrogen and oxygen atoms in total. The molecule has 2 heterocycles. The highest BCUT2D eigenvalue weighted by Crippen LogP contribution is 2.43. The maximum absolute atomic E-state index is 11.8. The summed E-state index contributed by atoms with van der Waals surface area (Å²) in [6, 6.07) is 3.89. The van der Waals surface area contributed by atoms with Crippen molar-refractivity contribution < 1.29 is 19.1 Å². The van der Waals surface area contributed by atoms with Gasteiger partial charge in [-0.1, -0.05) is 19.9 Å². The van der Waals surface area contributed by atoms with Crippen LogP contribution in [0.5, 0.6) is 0 Å². The zero-order valence-electron chi connectivity index (χ0n) is 12.5. The Bertz CT molecular complexity index is 496. The summed E-state index contributed by atoms with van der Waals surface area (Å²) in [6.07, 6.45) is 4.65. The molecule has 0 aliphatic carbocycles. The molecule has 1 aliphatic heterocycles. The van der Waals surface area contributed by atoms with E-state index in [0.29, 0.717) is 6.61 Å². The van der Waals surface area contributed by atoms with Crippen LogP contribution in [0.15, 0.2) is 24.5 Å². The fraction of sp³-hybridized carbons (Fsp3) is 0.533. The van der Waals surface area contributed by atoms with Crippen LogP contribution < -0.4 is 5.32 Å². The third kappa shape index (κ3) is 4.48. The molecule has 1 saturated heterocycles. The fourth-order valence-electron chi connectivity index (χ4n) is 2.62. The number of aromatic nitrogens is 1. The predicted molar refractivity (Wildman–Crippen MR) is 73.9 cm³/mol. The molecule has 0 saturated carbocycles. The number of rotatable bonds is 3. The minimum atomic E-state index is -0.217. The monoisotopic (exact) mass is 292 g/mol. The number of hydrogen-bond donors (Lipinski definition) is 1. The number of nitrogens with one attached hydrogen (secondary N) is 1. The first-order valence-electron chi connectivity index (χ1n) is 6.78. The molecule has 6 heteroatoms. The number of nitrogens with zero attached hydrogens (tertiary/aromatic N) is 1. The lowest BCUT2D eigenvalue weighted by atomic mass is 9.81. The number of carbonyl (C=O) groups is 1. The Morgan fingerprint density at radius 1 is 1.52 bits per heavy atom. The summed E-state index contributed by atoms with van der Waals surface area (Å²) in [5, 5.41) is 3.37. The normalized spacial score (nSPS) is 22.6. The van der Waals surface area contributed by atoms with Gasteiger partial charge in [0.15, 0.2) is 0 Å². The highest BCUT2D eigenvalue weighted by Gasteiger charge is 2.44. The Hall–Kier alpha value is -2.04. The van der Waals surface area contributed by atoms with Crippen molar-refractivity contribution in [2.45, 2.75) is 39.3 Å². The van der Waals surface area contributed by atoms with Gasteiger partial charge >= 0.3 is 12.1 Å². The molecule has 1 N–H and O–H groups in total. The van der Waals surface area contributed by atoms with Gasteiger partial charge in [-0.15, -0.1) is 0 Å². The van der Waals surface area contributed by atoms with Gasteiger partial charge in [-0.3, -0.25) is 15.1 Å². The van der Waals surface area contributed by atoms with Crippen molar-refractivity contribution in [2.75, 3.05) is 6.61 Å². The predicted octanol–water partition coefficient (Wildman–Crippen LogP) is 1.49. The topological polar surface area (TPSA) is 85.4 Å². The number of carbonyl (C=O) groups excluding carboxylic acids is 3. The number of hydrogen-bond acceptors (Lipinski definition) is 6. The van der Waals surface area contributed by atoms with E-state index < -0.39 is 0 Å². The van der Waals surface area contributed by atoms with Gasteiger partial charge in [0.05, 0.1) is 6.61 Å². The minimum Gasteiger partial charge on any atom is -0.465 e. The average Bonchev–Trinajstić information content (AvgIpc) is 2.77. The van der Waals surface area contributed by atoms with Crippen molar-refractivity contribution in [3.8, 4) is 0 Å². The molecular formula is C15H20N2O4. The lowest BCUT2D eigenvalue weighted by molar-refractivity contribution is -0.191. The first-order chi connectivity index (χ1) is 9.96. The molecule has 0 radical (unpaired) electrons. The minimum absolute atomic E-state index is 0.0143. The summed E-state index contributed by atoms with van der Waals surface area (Å²) < 4.78 is 5.09. The Morgan fingerprint density at radius 2 is 2.19 bits per heavy atom. The summed E-state index contributed by atoms with van der Waals surface area (Å²) in [6.45, 7) is 6.58. The fourth-order valence-corrected chi connectivity index (χ4v) is 2.62. The highest BCUT2D eigenvalue weighted by atomic mass is 16.5. The molecule has 0 unspecified atom stereocenters. The van der Waals surface area contributed by atoms with E-state index in [1.54, 1.807) is 6.20 Å². The number of esters is 1. The maximum atomic E-state index is 11.8. The molecular weight excluding hydrogens is 272 g/mol. The summed E-state index contributed by atoms with van der Waals surface area (Å²) in [5.74, 6) is -0.156. The highest BCUT2D eigenvalue weighted by molar-refractivity contribution is 5.76. The molecule has 0 spiro atoms. The molecule has 1 aliphatic rings. The van der Waals surface area contributed by atoms with Crippen LogP contribution >= 0.6 is 0 Å². The first-order valence-corrected chi connectivity index (χ1v) is 6.78. The van der Waals surface area contributed by atoms with Crippen LogP contribution in [0.25, 0.3) is 0 Å². The Labute approximate surface area is 123 Å². The zero-order chi connectivity index (χ0) is 15.9. The van der Waals surface area contributed by atoms with E-state index in [0.717, 1.165) is 12.0 Å². The largest absolute Gasteiger partial charge is 0.465 e. The third-order valence-electron chi connectivity index (χ3n) is 3.47. The molecule has 1 aromatic heterocycles. The molecule has 2 rings (SSSR count). The van der Waals surface area contributed by atoms with E-state index in [1.807, 2.05) is 25.3 Å². The summed E-state index contributed by atoms with van der Waals surface area (Å²) >= 11 is 0. The molecule has 114 valence electrons. The van der Waals surface area contributed by atoms with Crippen LogP contribution in [0.1, 0.15) is 38.8 Å². The van der Waals surface area contributed by atoms with Crippen LogP contribution in [0.3, 0.4) is 0 Å². The second-order valence-corrected chi connectivity index (χ2v) is 5.47. The second kappa shape index (κ2) is 7.67. The van der Waals surface area contributed by atoms with Crippen molar-refractivity contribution in [3.63, 3.8) is 0 Å². The molecule has 0 amide bonds. The van der Waals surface area contributed by atoms with Crippen LogP contribution in [0.4, 0.5) is 0 Å². The molecule has 0 aromatic carbocycles. The van der Waals surface area contributed by atoms with Gasteiger partial charge in [-0.2, -0.15) is 9.59 Å². The first kappa shape index (κ1) is 17.0. The number of pyridine rings is 1. The van der Waals surface area contributed by atoms with Crippen LogP contribution in [-0.4, -0.2) is 29.8 Å². The van der Waals surface area contributed by atoms with E-state index in [9.17, 15) is 4.79 Å². The van der Waals surface area contributed by atoms with Crippen molar-refractivity contribution in [3.05, 3.63) is 30.1 Å². The van der Waals surface area contributed by atoms with Gasteiger partial charge in [0, 0.05) is 18.4 Å². The van der Waals surface area contributed by atoms with Gasteiger partial charge in [0.1, 0.15) is 6.04 Å². The summed E-state index contributed by atoms with van der Waals surface area (Å²) in [7, 11) is 0. The van der Waals surface area contributed by atoms with E-state index in [-0.39, 0.29) is 29.6 Å². The molecule has 2 atom stereocenters. The lowest BCUT2D eigenvalue weighted by Gasteiger charge is -2.26. The van der Waals surface area contributed by atoms with Crippen molar-refractivity contribution in [2.24, 2.45) is 5.41 Å². The van der Waals surface area contributed by atoms with Gasteiger partial charge < -0.3 is 4.74 Å². The Balaban J connectivity index is 0.000000677. The standard InChI is InChI=1S/C14H20N2O2.CO2/c1-4-18-13(17)11-8-14(2,3)12(16-11)10-6-5-7-15-9-10;2-1-3/h5-7,9,11-12,16H,4,8H2,1-3H3;/t11-,12-;/m0./s1. The van der Waals surface area contributed by atoms with Crippen LogP contribution in [0.2, 0.25) is 0 Å². The van der Waals surface area contributed by atoms with E-state index >= 15 is 0 Å². The second-order valence-electron chi connectivity index (χ2n) is 5.47. The Morgan fingerprint density at radius 3 is 2.71 bits per heavy atom. The van der Waals surface area contributed by atoms with E-state index in [4.69, 9.17) is 14.3 Å². The smallest absolute Gasteiger partial charge is 0.373 e. The molecule has 1 fully saturated rings. The molecule has 0 bridgehead atoms. The van der Waals surface area contributed by atoms with E-state index in [2.05, 4.69) is 24.1 Å². The van der Waals surface area contributed by atoms with Crippen molar-refractivity contribution in [1.82, 2.24) is 10.3 Å². The quantitative estimate of drug-likeness (QED) is 0.850. The van der Waals surface area contributed by atoms with Gasteiger partial charge in [0.2, 0.25) is 0 Å². The number of ether oxygens (including phenoxy) is 1. The molecule has 21 heavy (non-hydrogen) atoms. The van der Waals surface area contributed by atoms with Crippen LogP contribution in [0, 0.1) is 5.41 Å². The lowest BCUT2D eigenvalue weighted by Crippen LogP contribution is -2.34. The summed E-state index contributed by atoms with van der Waals surface area (Å²) in [4.78, 5) is 32.2.